The van der Waals surface area contributed by atoms with E-state index < -0.39 is 41.0 Å². The van der Waals surface area contributed by atoms with Gasteiger partial charge >= 0.3 is 12.4 Å². The van der Waals surface area contributed by atoms with Crippen LogP contribution in [0.3, 0.4) is 0 Å². The lowest BCUT2D eigenvalue weighted by Crippen LogP contribution is -2.59. The van der Waals surface area contributed by atoms with Crippen molar-refractivity contribution in [3.63, 3.8) is 0 Å². The summed E-state index contributed by atoms with van der Waals surface area (Å²) < 4.78 is 118. The summed E-state index contributed by atoms with van der Waals surface area (Å²) in [7, 11) is -2.66. The third-order valence-electron chi connectivity index (χ3n) is 9.36. The number of fused-ring (bicyclic) bond motifs is 2. The molecule has 4 atom stereocenters. The molecule has 2 saturated carbocycles. The highest BCUT2D eigenvalue weighted by Crippen LogP contribution is 2.60. The van der Waals surface area contributed by atoms with Crippen LogP contribution in [0.5, 0.6) is 0 Å². The highest BCUT2D eigenvalue weighted by molar-refractivity contribution is 7.93. The number of aromatic nitrogens is 1. The first kappa shape index (κ1) is 33.2. The molecule has 42 heavy (non-hydrogen) atoms. The molecule has 1 aromatic carbocycles. The van der Waals surface area contributed by atoms with Crippen molar-refractivity contribution in [2.45, 2.75) is 87.5 Å². The van der Waals surface area contributed by atoms with E-state index in [1.807, 2.05) is 25.1 Å². The number of sulfone groups is 1. The Morgan fingerprint density at radius 2 is 1.83 bits per heavy atom. The number of nitrogens with zero attached hydrogens (tertiary/aromatic N) is 1. The standard InChI is InChI=1S/C29H37F6NO4S2/c1-19(8-6-16-27(28(30,31)32,29(33,34)35)40-18-39-3)21-12-13-22-20(9-7-15-26(21,22)2)14-17-42(37,38)25-36-23-10-4-5-11-24(23)41-25/h4-5,10-11,14,19,21-22H,6-9,12-13,15-18H2,1-3H3/b20-14+/t19-,21-,22+,26-/m1/s1. The Morgan fingerprint density at radius 3 is 2.48 bits per heavy atom. The predicted molar refractivity (Wildman–Crippen MR) is 149 cm³/mol. The molecule has 0 aliphatic heterocycles. The molecule has 236 valence electrons. The maximum atomic E-state index is 13.7. The normalized spacial score (nSPS) is 25.7. The summed E-state index contributed by atoms with van der Waals surface area (Å²) in [6, 6.07) is 7.24. The molecule has 13 heteroatoms. The zero-order valence-corrected chi connectivity index (χ0v) is 25.5. The van der Waals surface area contributed by atoms with E-state index in [1.54, 1.807) is 12.1 Å². The van der Waals surface area contributed by atoms with Gasteiger partial charge in [0.1, 0.15) is 6.79 Å². The number of halogens is 6. The highest BCUT2D eigenvalue weighted by Gasteiger charge is 2.71. The van der Waals surface area contributed by atoms with E-state index in [0.717, 1.165) is 60.8 Å². The monoisotopic (exact) mass is 641 g/mol. The zero-order chi connectivity index (χ0) is 31.0. The Hall–Kier alpha value is -1.70. The third kappa shape index (κ3) is 6.39. The molecule has 0 bridgehead atoms. The van der Waals surface area contributed by atoms with Gasteiger partial charge in [0.05, 0.1) is 16.0 Å². The SMILES string of the molecule is COCOC(CCC[C@@H](C)[C@H]1CC[C@H]2/C(=C/CS(=O)(=O)c3nc4ccccc4s3)CCC[C@]12C)(C(F)(F)F)C(F)(F)F. The Labute approximate surface area is 246 Å². The van der Waals surface area contributed by atoms with Crippen LogP contribution in [0, 0.1) is 23.2 Å². The van der Waals surface area contributed by atoms with Gasteiger partial charge in [0.25, 0.3) is 5.60 Å². The maximum absolute atomic E-state index is 13.7. The number of methoxy groups -OCH3 is 1. The third-order valence-corrected chi connectivity index (χ3v) is 12.4. The van der Waals surface area contributed by atoms with Gasteiger partial charge in [-0.25, -0.2) is 13.4 Å². The van der Waals surface area contributed by atoms with Crippen molar-refractivity contribution < 1.29 is 44.2 Å². The van der Waals surface area contributed by atoms with E-state index in [1.165, 1.54) is 0 Å². The van der Waals surface area contributed by atoms with Crippen LogP contribution in [0.2, 0.25) is 0 Å². The summed E-state index contributed by atoms with van der Waals surface area (Å²) in [4.78, 5) is 4.30. The molecule has 4 rings (SSSR count). The molecule has 2 aliphatic carbocycles. The van der Waals surface area contributed by atoms with Crippen molar-refractivity contribution in [3.05, 3.63) is 35.9 Å². The van der Waals surface area contributed by atoms with Crippen molar-refractivity contribution in [1.29, 1.82) is 0 Å². The second-order valence-corrected chi connectivity index (χ2v) is 15.1. The Balaban J connectivity index is 1.44. The van der Waals surface area contributed by atoms with E-state index in [0.29, 0.717) is 5.52 Å². The van der Waals surface area contributed by atoms with Crippen LogP contribution in [0.4, 0.5) is 26.3 Å². The van der Waals surface area contributed by atoms with Gasteiger partial charge in [-0.3, -0.25) is 0 Å². The van der Waals surface area contributed by atoms with Crippen LogP contribution in [0.1, 0.15) is 65.2 Å². The number of benzene rings is 1. The van der Waals surface area contributed by atoms with Crippen LogP contribution in [-0.4, -0.2) is 51.0 Å². The van der Waals surface area contributed by atoms with Gasteiger partial charge in [-0.05, 0) is 80.2 Å². The minimum absolute atomic E-state index is 0.0836. The average Bonchev–Trinajstić information content (AvgIpc) is 3.50. The summed E-state index contributed by atoms with van der Waals surface area (Å²) >= 11 is 1.15. The quantitative estimate of drug-likeness (QED) is 0.140. The lowest BCUT2D eigenvalue weighted by Gasteiger charge is -2.44. The van der Waals surface area contributed by atoms with Gasteiger partial charge in [0.2, 0.25) is 14.2 Å². The molecule has 0 radical (unpaired) electrons. The van der Waals surface area contributed by atoms with Gasteiger partial charge in [0, 0.05) is 7.11 Å². The molecule has 2 fully saturated rings. The molecule has 0 spiro atoms. The summed E-state index contributed by atoms with van der Waals surface area (Å²) in [5.74, 6) is -0.0581. The van der Waals surface area contributed by atoms with Crippen LogP contribution in [-0.2, 0) is 19.3 Å². The van der Waals surface area contributed by atoms with Crippen LogP contribution in [0.25, 0.3) is 10.2 Å². The summed E-state index contributed by atoms with van der Waals surface area (Å²) in [6.07, 6.45) is -6.77. The second-order valence-electron chi connectivity index (χ2n) is 11.8. The molecular formula is C29H37F6NO4S2. The summed E-state index contributed by atoms with van der Waals surface area (Å²) in [6.45, 7) is 2.91. The number of hydrogen-bond donors (Lipinski definition) is 0. The molecule has 2 aromatic rings. The lowest BCUT2D eigenvalue weighted by atomic mass is 9.60. The molecular weight excluding hydrogens is 604 g/mol. The molecule has 0 amide bonds. The van der Waals surface area contributed by atoms with Crippen molar-refractivity contribution in [3.8, 4) is 0 Å². The zero-order valence-electron chi connectivity index (χ0n) is 23.9. The first-order valence-electron chi connectivity index (χ1n) is 14.1. The number of alkyl halides is 6. The Bertz CT molecular complexity index is 1320. The molecule has 1 aromatic heterocycles. The minimum atomic E-state index is -5.65. The van der Waals surface area contributed by atoms with Gasteiger partial charge in [-0.15, -0.1) is 11.3 Å². The van der Waals surface area contributed by atoms with E-state index in [4.69, 9.17) is 0 Å². The van der Waals surface area contributed by atoms with Crippen molar-refractivity contribution in [1.82, 2.24) is 4.98 Å². The number of rotatable bonds is 11. The predicted octanol–water partition coefficient (Wildman–Crippen LogP) is 8.50. The van der Waals surface area contributed by atoms with Gasteiger partial charge in [-0.2, -0.15) is 26.3 Å². The fraction of sp³-hybridized carbons (Fsp3) is 0.690. The average molecular weight is 642 g/mol. The molecule has 2 aliphatic rings. The topological polar surface area (TPSA) is 65.5 Å². The fourth-order valence-electron chi connectivity index (χ4n) is 7.24. The molecule has 0 N–H and O–H groups in total. The first-order valence-corrected chi connectivity index (χ1v) is 16.6. The molecule has 0 unspecified atom stereocenters. The van der Waals surface area contributed by atoms with Crippen LogP contribution >= 0.6 is 11.3 Å². The lowest BCUT2D eigenvalue weighted by molar-refractivity contribution is -0.394. The minimum Gasteiger partial charge on any atom is -0.359 e. The number of hydrogen-bond acceptors (Lipinski definition) is 6. The highest BCUT2D eigenvalue weighted by atomic mass is 32.2. The number of ether oxygens (including phenoxy) is 2. The number of thiazole rings is 1. The van der Waals surface area contributed by atoms with Crippen LogP contribution < -0.4 is 0 Å². The van der Waals surface area contributed by atoms with Gasteiger partial charge in [0.15, 0.2) is 0 Å². The van der Waals surface area contributed by atoms with E-state index in [-0.39, 0.29) is 46.1 Å². The van der Waals surface area contributed by atoms with Crippen LogP contribution in [0.15, 0.2) is 40.3 Å². The summed E-state index contributed by atoms with van der Waals surface area (Å²) in [5.41, 5.74) is -2.78. The largest absolute Gasteiger partial charge is 0.426 e. The number of allylic oxidation sites excluding steroid dienone is 1. The molecule has 0 saturated heterocycles. The Morgan fingerprint density at radius 1 is 1.14 bits per heavy atom. The van der Waals surface area contributed by atoms with Gasteiger partial charge < -0.3 is 9.47 Å². The Kier molecular flexibility index (Phi) is 9.77. The first-order chi connectivity index (χ1) is 19.6. The number of para-hydroxylation sites is 1. The van der Waals surface area contributed by atoms with Crippen molar-refractivity contribution >= 4 is 31.4 Å². The maximum Gasteiger partial charge on any atom is 0.426 e. The van der Waals surface area contributed by atoms with E-state index >= 15 is 0 Å². The second kappa shape index (κ2) is 12.4. The molecule has 1 heterocycles. The smallest absolute Gasteiger partial charge is 0.359 e. The van der Waals surface area contributed by atoms with E-state index in [2.05, 4.69) is 21.4 Å². The molecule has 5 nitrogen and oxygen atoms in total. The van der Waals surface area contributed by atoms with Crippen molar-refractivity contribution in [2.24, 2.45) is 23.2 Å². The summed E-state index contributed by atoms with van der Waals surface area (Å²) in [5, 5.41) is 0. The fourth-order valence-corrected chi connectivity index (χ4v) is 9.74. The van der Waals surface area contributed by atoms with Gasteiger partial charge in [-0.1, -0.05) is 44.1 Å². The van der Waals surface area contributed by atoms with E-state index in [9.17, 15) is 34.8 Å². The van der Waals surface area contributed by atoms with Crippen molar-refractivity contribution in [2.75, 3.05) is 19.7 Å².